The molecule has 3 nitrogen and oxygen atoms in total. The van der Waals surface area contributed by atoms with Crippen molar-refractivity contribution in [3.63, 3.8) is 0 Å². The summed E-state index contributed by atoms with van der Waals surface area (Å²) < 4.78 is 0. The average molecular weight is 314 g/mol. The molecule has 0 aromatic heterocycles. The van der Waals surface area contributed by atoms with E-state index in [9.17, 15) is 9.59 Å². The normalized spacial score (nSPS) is 10.6. The molecule has 0 unspecified atom stereocenters. The monoisotopic (exact) mass is 313 g/mol. The van der Waals surface area contributed by atoms with Crippen LogP contribution in [0.4, 0.5) is 0 Å². The van der Waals surface area contributed by atoms with Gasteiger partial charge in [0.1, 0.15) is 0 Å². The van der Waals surface area contributed by atoms with E-state index in [1.165, 1.54) is 6.08 Å². The number of carbonyl (C=O) groups excluding carboxylic acids is 2. The largest absolute Gasteiger partial charge is 0.349 e. The highest BCUT2D eigenvalue weighted by atomic mass is 35.5. The molecule has 0 aliphatic carbocycles. The molecule has 0 saturated heterocycles. The summed E-state index contributed by atoms with van der Waals surface area (Å²) in [5, 5.41) is 3.24. The number of hydrogen-bond donors (Lipinski definition) is 1. The Hall–Kier alpha value is -2.39. The maximum Gasteiger partial charge on any atom is 0.291 e. The molecule has 0 spiro atoms. The lowest BCUT2D eigenvalue weighted by Gasteiger charge is -2.03. The molecule has 1 N–H and O–H groups in total. The molecule has 0 aliphatic rings. The molecule has 2 rings (SSSR count). The van der Waals surface area contributed by atoms with E-state index in [0.717, 1.165) is 11.1 Å². The minimum atomic E-state index is -0.596. The Bertz CT molecular complexity index is 663. The van der Waals surface area contributed by atoms with Gasteiger partial charge in [0, 0.05) is 11.6 Å². The molecule has 112 valence electrons. The molecule has 0 aliphatic heterocycles. The molecule has 2 aromatic rings. The molecular weight excluding hydrogens is 298 g/mol. The predicted octanol–water partition coefficient (Wildman–Crippen LogP) is 3.28. The second kappa shape index (κ2) is 8.15. The van der Waals surface area contributed by atoms with Gasteiger partial charge in [0.05, 0.1) is 0 Å². The van der Waals surface area contributed by atoms with Gasteiger partial charge in [-0.25, -0.2) is 0 Å². The molecule has 0 bridgehead atoms. The third-order valence-electron chi connectivity index (χ3n) is 3.06. The van der Waals surface area contributed by atoms with Crippen molar-refractivity contribution in [2.24, 2.45) is 0 Å². The van der Waals surface area contributed by atoms with Crippen LogP contribution < -0.4 is 5.32 Å². The molecule has 0 radical (unpaired) electrons. The van der Waals surface area contributed by atoms with E-state index >= 15 is 0 Å². The van der Waals surface area contributed by atoms with Crippen molar-refractivity contribution < 1.29 is 9.59 Å². The second-order valence-corrected chi connectivity index (χ2v) is 5.18. The standard InChI is InChI=1S/C18H16ClNO2/c19-16-9-6-15(7-10-16)8-11-17(21)18(22)20-13-12-14-4-2-1-3-5-14/h1-11H,12-13H2,(H,20,22)/b11-8+. The van der Waals surface area contributed by atoms with Gasteiger partial charge in [-0.3, -0.25) is 9.59 Å². The Kier molecular flexibility index (Phi) is 5.92. The van der Waals surface area contributed by atoms with Crippen molar-refractivity contribution >= 4 is 29.4 Å². The van der Waals surface area contributed by atoms with Gasteiger partial charge in [-0.1, -0.05) is 60.1 Å². The Balaban J connectivity index is 1.79. The predicted molar refractivity (Wildman–Crippen MR) is 88.6 cm³/mol. The summed E-state index contributed by atoms with van der Waals surface area (Å²) in [5.74, 6) is -1.16. The molecule has 0 heterocycles. The highest BCUT2D eigenvalue weighted by Gasteiger charge is 2.08. The van der Waals surface area contributed by atoms with E-state index in [1.54, 1.807) is 30.3 Å². The summed E-state index contributed by atoms with van der Waals surface area (Å²) >= 11 is 5.78. The van der Waals surface area contributed by atoms with Crippen LogP contribution in [0.2, 0.25) is 5.02 Å². The highest BCUT2D eigenvalue weighted by Crippen LogP contribution is 2.10. The lowest BCUT2D eigenvalue weighted by atomic mass is 10.1. The van der Waals surface area contributed by atoms with Crippen LogP contribution in [0.25, 0.3) is 6.08 Å². The number of carbonyl (C=O) groups is 2. The third-order valence-corrected chi connectivity index (χ3v) is 3.31. The van der Waals surface area contributed by atoms with E-state index in [1.807, 2.05) is 30.3 Å². The van der Waals surface area contributed by atoms with Crippen LogP contribution in [-0.2, 0) is 16.0 Å². The maximum absolute atomic E-state index is 11.7. The topological polar surface area (TPSA) is 46.2 Å². The van der Waals surface area contributed by atoms with Crippen LogP contribution in [0.5, 0.6) is 0 Å². The van der Waals surface area contributed by atoms with Gasteiger partial charge in [0.25, 0.3) is 5.91 Å². The molecule has 22 heavy (non-hydrogen) atoms. The summed E-state index contributed by atoms with van der Waals surface area (Å²) in [7, 11) is 0. The molecule has 0 fully saturated rings. The summed E-state index contributed by atoms with van der Waals surface area (Å²) in [4.78, 5) is 23.4. The summed E-state index contributed by atoms with van der Waals surface area (Å²) in [6.07, 6.45) is 3.55. The smallest absolute Gasteiger partial charge is 0.291 e. The van der Waals surface area contributed by atoms with Crippen LogP contribution in [-0.4, -0.2) is 18.2 Å². The van der Waals surface area contributed by atoms with Crippen LogP contribution in [0.15, 0.2) is 60.7 Å². The number of rotatable bonds is 6. The van der Waals surface area contributed by atoms with Gasteiger partial charge in [0.2, 0.25) is 5.78 Å². The number of halogens is 1. The van der Waals surface area contributed by atoms with Crippen LogP contribution in [0.3, 0.4) is 0 Å². The second-order valence-electron chi connectivity index (χ2n) is 4.74. The van der Waals surface area contributed by atoms with E-state index in [0.29, 0.717) is 18.0 Å². The number of nitrogens with one attached hydrogen (secondary N) is 1. The molecule has 0 saturated carbocycles. The first kappa shape index (κ1) is 16.0. The first-order valence-electron chi connectivity index (χ1n) is 6.95. The quantitative estimate of drug-likeness (QED) is 0.657. The van der Waals surface area contributed by atoms with Crippen molar-refractivity contribution in [2.45, 2.75) is 6.42 Å². The van der Waals surface area contributed by atoms with Crippen LogP contribution in [0.1, 0.15) is 11.1 Å². The number of amides is 1. The van der Waals surface area contributed by atoms with E-state index in [4.69, 9.17) is 11.6 Å². The number of benzene rings is 2. The first-order valence-corrected chi connectivity index (χ1v) is 7.33. The fraction of sp³-hybridized carbons (Fsp3) is 0.111. The molecule has 2 aromatic carbocycles. The van der Waals surface area contributed by atoms with Crippen molar-refractivity contribution in [3.05, 3.63) is 76.8 Å². The highest BCUT2D eigenvalue weighted by molar-refractivity contribution is 6.41. The fourth-order valence-electron chi connectivity index (χ4n) is 1.87. The maximum atomic E-state index is 11.7. The van der Waals surface area contributed by atoms with Crippen LogP contribution in [0, 0.1) is 0 Å². The SMILES string of the molecule is O=C(/C=C/c1ccc(Cl)cc1)C(=O)NCCc1ccccc1. The zero-order valence-corrected chi connectivity index (χ0v) is 12.7. The van der Waals surface area contributed by atoms with E-state index in [-0.39, 0.29) is 0 Å². The Labute approximate surface area is 134 Å². The van der Waals surface area contributed by atoms with Gasteiger partial charge < -0.3 is 5.32 Å². The van der Waals surface area contributed by atoms with Gasteiger partial charge in [-0.15, -0.1) is 0 Å². The summed E-state index contributed by atoms with van der Waals surface area (Å²) in [6, 6.07) is 16.8. The lowest BCUT2D eigenvalue weighted by Crippen LogP contribution is -2.31. The fourth-order valence-corrected chi connectivity index (χ4v) is 2.00. The minimum Gasteiger partial charge on any atom is -0.349 e. The Morgan fingerprint density at radius 1 is 1.00 bits per heavy atom. The van der Waals surface area contributed by atoms with Gasteiger partial charge in [-0.2, -0.15) is 0 Å². The van der Waals surface area contributed by atoms with E-state index < -0.39 is 11.7 Å². The van der Waals surface area contributed by atoms with Crippen molar-refractivity contribution in [3.8, 4) is 0 Å². The summed E-state index contributed by atoms with van der Waals surface area (Å²) in [5.41, 5.74) is 1.93. The Morgan fingerprint density at radius 2 is 1.68 bits per heavy atom. The minimum absolute atomic E-state index is 0.434. The number of hydrogen-bond acceptors (Lipinski definition) is 2. The number of ketones is 1. The first-order chi connectivity index (χ1) is 10.6. The third kappa shape index (κ3) is 5.19. The van der Waals surface area contributed by atoms with Crippen LogP contribution >= 0.6 is 11.6 Å². The zero-order valence-electron chi connectivity index (χ0n) is 12.0. The van der Waals surface area contributed by atoms with E-state index in [2.05, 4.69) is 5.32 Å². The molecule has 4 heteroatoms. The van der Waals surface area contributed by atoms with Gasteiger partial charge >= 0.3 is 0 Å². The van der Waals surface area contributed by atoms with Gasteiger partial charge in [-0.05, 0) is 35.8 Å². The molecule has 0 atom stereocenters. The van der Waals surface area contributed by atoms with Gasteiger partial charge in [0.15, 0.2) is 0 Å². The molecular formula is C18H16ClNO2. The average Bonchev–Trinajstić information content (AvgIpc) is 2.55. The van der Waals surface area contributed by atoms with Crippen molar-refractivity contribution in [1.29, 1.82) is 0 Å². The van der Waals surface area contributed by atoms with Crippen molar-refractivity contribution in [1.82, 2.24) is 5.32 Å². The van der Waals surface area contributed by atoms with Crippen molar-refractivity contribution in [2.75, 3.05) is 6.54 Å². The molecule has 1 amide bonds. The zero-order chi connectivity index (χ0) is 15.8. The lowest BCUT2D eigenvalue weighted by molar-refractivity contribution is -0.135. The Morgan fingerprint density at radius 3 is 2.36 bits per heavy atom. The summed E-state index contributed by atoms with van der Waals surface area (Å²) in [6.45, 7) is 0.434.